The molecule has 0 fully saturated rings. The van der Waals surface area contributed by atoms with E-state index in [9.17, 15) is 9.18 Å². The predicted octanol–water partition coefficient (Wildman–Crippen LogP) is 2.74. The molecule has 0 atom stereocenters. The van der Waals surface area contributed by atoms with E-state index in [2.05, 4.69) is 20.3 Å². The van der Waals surface area contributed by atoms with Crippen LogP contribution in [0.2, 0.25) is 0 Å². The van der Waals surface area contributed by atoms with E-state index in [4.69, 9.17) is 0 Å². The molecule has 3 aromatic rings. The van der Waals surface area contributed by atoms with Crippen molar-refractivity contribution in [3.8, 4) is 0 Å². The second-order valence-electron chi connectivity index (χ2n) is 5.28. The molecule has 0 bridgehead atoms. The number of nitrogens with one attached hydrogen (secondary N) is 2. The number of hydrogen-bond acceptors (Lipinski definition) is 4. The van der Waals surface area contributed by atoms with Crippen LogP contribution in [0.4, 0.5) is 4.39 Å². The second-order valence-corrected chi connectivity index (χ2v) is 5.28. The Bertz CT molecular complexity index is 949. The molecule has 0 saturated carbocycles. The third-order valence-corrected chi connectivity index (χ3v) is 3.48. The first-order valence-electron chi connectivity index (χ1n) is 7.70. The molecule has 122 valence electrons. The summed E-state index contributed by atoms with van der Waals surface area (Å²) in [6, 6.07) is 9.71. The molecule has 0 unspecified atom stereocenters. The Labute approximate surface area is 138 Å². The molecule has 0 aliphatic carbocycles. The number of fused-ring (bicyclic) bond motifs is 1. The number of halogens is 1. The van der Waals surface area contributed by atoms with Crippen LogP contribution in [0.3, 0.4) is 0 Å². The number of pyridine rings is 1. The van der Waals surface area contributed by atoms with Crippen molar-refractivity contribution >= 4 is 23.1 Å². The number of benzene rings is 1. The largest absolute Gasteiger partial charge is 0.311 e. The molecule has 2 aromatic heterocycles. The normalized spacial score (nSPS) is 11.4. The van der Waals surface area contributed by atoms with Crippen molar-refractivity contribution < 1.29 is 4.39 Å². The fourth-order valence-corrected chi connectivity index (χ4v) is 2.31. The number of aromatic nitrogens is 3. The number of aromatic amines is 1. The molecular weight excluding hydrogens is 307 g/mol. The summed E-state index contributed by atoms with van der Waals surface area (Å²) >= 11 is 0. The van der Waals surface area contributed by atoms with E-state index in [1.165, 1.54) is 18.2 Å². The molecule has 24 heavy (non-hydrogen) atoms. The van der Waals surface area contributed by atoms with Gasteiger partial charge in [-0.05, 0) is 49.0 Å². The first-order chi connectivity index (χ1) is 11.7. The average molecular weight is 324 g/mol. The van der Waals surface area contributed by atoms with Crippen LogP contribution >= 0.6 is 0 Å². The second kappa shape index (κ2) is 7.14. The van der Waals surface area contributed by atoms with Gasteiger partial charge in [0.2, 0.25) is 0 Å². The molecule has 1 aromatic carbocycles. The maximum atomic E-state index is 13.2. The van der Waals surface area contributed by atoms with Gasteiger partial charge in [-0.2, -0.15) is 0 Å². The third kappa shape index (κ3) is 3.72. The highest BCUT2D eigenvalue weighted by Gasteiger charge is 2.03. The lowest BCUT2D eigenvalue weighted by Gasteiger charge is -2.02. The number of hydrogen-bond donors (Lipinski definition) is 2. The maximum Gasteiger partial charge on any atom is 0.259 e. The van der Waals surface area contributed by atoms with Gasteiger partial charge in [-0.3, -0.25) is 9.78 Å². The van der Waals surface area contributed by atoms with Crippen molar-refractivity contribution in [3.63, 3.8) is 0 Å². The van der Waals surface area contributed by atoms with Gasteiger partial charge >= 0.3 is 0 Å². The van der Waals surface area contributed by atoms with Crippen LogP contribution in [-0.2, 0) is 6.54 Å². The van der Waals surface area contributed by atoms with E-state index in [1.807, 2.05) is 25.1 Å². The average Bonchev–Trinajstić information content (AvgIpc) is 2.59. The Morgan fingerprint density at radius 1 is 1.21 bits per heavy atom. The predicted molar refractivity (Wildman–Crippen MR) is 92.9 cm³/mol. The summed E-state index contributed by atoms with van der Waals surface area (Å²) in [6.07, 6.45) is 3.46. The van der Waals surface area contributed by atoms with Gasteiger partial charge in [0.15, 0.2) is 0 Å². The lowest BCUT2D eigenvalue weighted by Crippen LogP contribution is -2.13. The Morgan fingerprint density at radius 2 is 2.08 bits per heavy atom. The van der Waals surface area contributed by atoms with Crippen molar-refractivity contribution in [1.29, 1.82) is 0 Å². The highest BCUT2D eigenvalue weighted by molar-refractivity contribution is 5.79. The zero-order valence-corrected chi connectivity index (χ0v) is 13.2. The molecule has 0 radical (unpaired) electrons. The van der Waals surface area contributed by atoms with Crippen LogP contribution in [0.15, 0.2) is 41.2 Å². The summed E-state index contributed by atoms with van der Waals surface area (Å²) in [6.45, 7) is 3.62. The fourth-order valence-electron chi connectivity index (χ4n) is 2.31. The van der Waals surface area contributed by atoms with Gasteiger partial charge in [-0.1, -0.05) is 13.0 Å². The topological polar surface area (TPSA) is 70.7 Å². The highest BCUT2D eigenvalue weighted by Crippen LogP contribution is 2.10. The van der Waals surface area contributed by atoms with Crippen LogP contribution in [0, 0.1) is 5.82 Å². The fraction of sp³-hybridized carbons (Fsp3) is 0.167. The van der Waals surface area contributed by atoms with Gasteiger partial charge in [-0.15, -0.1) is 0 Å². The molecule has 0 aliphatic heterocycles. The lowest BCUT2D eigenvalue weighted by atomic mass is 10.2. The van der Waals surface area contributed by atoms with Gasteiger partial charge < -0.3 is 10.3 Å². The SMILES string of the molecule is CCNCc1cccc(C=Cc2nc3ccc(F)cc3c(=O)[nH]2)n1. The summed E-state index contributed by atoms with van der Waals surface area (Å²) < 4.78 is 13.2. The molecule has 3 rings (SSSR count). The molecule has 5 nitrogen and oxygen atoms in total. The third-order valence-electron chi connectivity index (χ3n) is 3.48. The number of H-pyrrole nitrogens is 1. The lowest BCUT2D eigenvalue weighted by molar-refractivity contribution is 0.629. The summed E-state index contributed by atoms with van der Waals surface area (Å²) in [5.41, 5.74) is 1.79. The van der Waals surface area contributed by atoms with Crippen LogP contribution in [0.25, 0.3) is 23.1 Å². The van der Waals surface area contributed by atoms with Crippen molar-refractivity contribution in [1.82, 2.24) is 20.3 Å². The highest BCUT2D eigenvalue weighted by atomic mass is 19.1. The zero-order valence-electron chi connectivity index (χ0n) is 13.2. The van der Waals surface area contributed by atoms with Crippen molar-refractivity contribution in [2.45, 2.75) is 13.5 Å². The summed E-state index contributed by atoms with van der Waals surface area (Å²) in [5, 5.41) is 3.45. The minimum Gasteiger partial charge on any atom is -0.311 e. The van der Waals surface area contributed by atoms with E-state index in [0.717, 1.165) is 17.9 Å². The van der Waals surface area contributed by atoms with E-state index in [-0.39, 0.29) is 10.9 Å². The molecule has 2 heterocycles. The molecule has 0 aliphatic rings. The molecular formula is C18H17FN4O. The van der Waals surface area contributed by atoms with Crippen LogP contribution in [-0.4, -0.2) is 21.5 Å². The van der Waals surface area contributed by atoms with Gasteiger partial charge in [0, 0.05) is 6.54 Å². The van der Waals surface area contributed by atoms with Gasteiger partial charge in [0.1, 0.15) is 11.6 Å². The molecule has 2 N–H and O–H groups in total. The number of rotatable bonds is 5. The van der Waals surface area contributed by atoms with E-state index >= 15 is 0 Å². The zero-order chi connectivity index (χ0) is 16.9. The van der Waals surface area contributed by atoms with Crippen molar-refractivity contribution in [3.05, 3.63) is 69.8 Å². The quantitative estimate of drug-likeness (QED) is 0.757. The van der Waals surface area contributed by atoms with Crippen LogP contribution in [0.5, 0.6) is 0 Å². The van der Waals surface area contributed by atoms with Crippen LogP contribution < -0.4 is 10.9 Å². The molecule has 0 spiro atoms. The van der Waals surface area contributed by atoms with Crippen molar-refractivity contribution in [2.75, 3.05) is 6.54 Å². The Balaban J connectivity index is 1.88. The van der Waals surface area contributed by atoms with Crippen LogP contribution in [0.1, 0.15) is 24.1 Å². The maximum absolute atomic E-state index is 13.2. The van der Waals surface area contributed by atoms with E-state index in [1.54, 1.807) is 12.2 Å². The number of nitrogens with zero attached hydrogens (tertiary/aromatic N) is 2. The van der Waals surface area contributed by atoms with Gasteiger partial charge in [0.25, 0.3) is 5.56 Å². The standard InChI is InChI=1S/C18H17FN4O/c1-2-20-11-14-5-3-4-13(21-14)7-9-17-22-16-8-6-12(19)10-15(16)18(24)23-17/h3-10,20H,2,11H2,1H3,(H,22,23,24). The van der Waals surface area contributed by atoms with Crippen molar-refractivity contribution in [2.24, 2.45) is 0 Å². The Morgan fingerprint density at radius 3 is 2.92 bits per heavy atom. The summed E-state index contributed by atoms with van der Waals surface area (Å²) in [5.74, 6) is -0.0576. The monoisotopic (exact) mass is 324 g/mol. The Hall–Kier alpha value is -2.86. The smallest absolute Gasteiger partial charge is 0.259 e. The minimum absolute atomic E-state index is 0.234. The summed E-state index contributed by atoms with van der Waals surface area (Å²) in [4.78, 5) is 23.5. The summed E-state index contributed by atoms with van der Waals surface area (Å²) in [7, 11) is 0. The molecule has 0 amide bonds. The minimum atomic E-state index is -0.459. The van der Waals surface area contributed by atoms with Gasteiger partial charge in [-0.25, -0.2) is 9.37 Å². The first kappa shape index (κ1) is 16.0. The molecule has 0 saturated heterocycles. The van der Waals surface area contributed by atoms with E-state index in [0.29, 0.717) is 17.9 Å². The first-order valence-corrected chi connectivity index (χ1v) is 7.70. The van der Waals surface area contributed by atoms with E-state index < -0.39 is 5.82 Å². The molecule has 6 heteroatoms. The Kier molecular flexibility index (Phi) is 4.77. The van der Waals surface area contributed by atoms with Gasteiger partial charge in [0.05, 0.1) is 22.3 Å².